The molecule has 0 N–H and O–H groups in total. The Morgan fingerprint density at radius 1 is 1.03 bits per heavy atom. The molecule has 0 saturated carbocycles. The molecule has 0 radical (unpaired) electrons. The molecule has 2 aromatic heterocycles. The van der Waals surface area contributed by atoms with E-state index in [1.807, 2.05) is 78.2 Å². The Kier molecular flexibility index (Phi) is 5.67. The standard InChI is InChI=1S/C21H20Cl2N6/c1-15-25-21(17-8-9-19(22)20(23)10-17)29(26-15)14-27(2)12-16-11-24-28(13-16)18-6-4-3-5-7-18/h3-11,13H,12,14H2,1-2H3. The first-order valence-electron chi connectivity index (χ1n) is 9.14. The molecular weight excluding hydrogens is 407 g/mol. The highest BCUT2D eigenvalue weighted by Crippen LogP contribution is 2.27. The lowest BCUT2D eigenvalue weighted by Crippen LogP contribution is -2.22. The Bertz CT molecular complexity index is 1120. The fraction of sp³-hybridized carbons (Fsp3) is 0.190. The summed E-state index contributed by atoms with van der Waals surface area (Å²) in [5.74, 6) is 1.46. The minimum atomic E-state index is 0.498. The van der Waals surface area contributed by atoms with Crippen molar-refractivity contribution in [1.82, 2.24) is 29.4 Å². The summed E-state index contributed by atoms with van der Waals surface area (Å²) in [4.78, 5) is 6.72. The van der Waals surface area contributed by atoms with Crippen LogP contribution < -0.4 is 0 Å². The maximum absolute atomic E-state index is 6.18. The number of benzene rings is 2. The van der Waals surface area contributed by atoms with Crippen LogP contribution in [0.1, 0.15) is 11.4 Å². The molecule has 0 unspecified atom stereocenters. The second-order valence-corrected chi connectivity index (χ2v) is 7.71. The Morgan fingerprint density at radius 3 is 2.59 bits per heavy atom. The van der Waals surface area contributed by atoms with Gasteiger partial charge in [-0.1, -0.05) is 41.4 Å². The van der Waals surface area contributed by atoms with E-state index in [9.17, 15) is 0 Å². The van der Waals surface area contributed by atoms with Gasteiger partial charge in [0, 0.05) is 23.9 Å². The summed E-state index contributed by atoms with van der Waals surface area (Å²) in [6, 6.07) is 15.5. The van der Waals surface area contributed by atoms with E-state index in [-0.39, 0.29) is 0 Å². The highest BCUT2D eigenvalue weighted by atomic mass is 35.5. The second-order valence-electron chi connectivity index (χ2n) is 6.90. The lowest BCUT2D eigenvalue weighted by Gasteiger charge is -2.17. The van der Waals surface area contributed by atoms with Gasteiger partial charge in [-0.15, -0.1) is 0 Å². The van der Waals surface area contributed by atoms with Gasteiger partial charge in [-0.3, -0.25) is 4.90 Å². The fourth-order valence-electron chi connectivity index (χ4n) is 3.16. The molecule has 0 aliphatic heterocycles. The van der Waals surface area contributed by atoms with E-state index in [1.54, 1.807) is 6.07 Å². The third-order valence-corrected chi connectivity index (χ3v) is 5.18. The van der Waals surface area contributed by atoms with Crippen molar-refractivity contribution in [2.75, 3.05) is 7.05 Å². The highest BCUT2D eigenvalue weighted by molar-refractivity contribution is 6.42. The normalized spacial score (nSPS) is 11.3. The molecule has 0 atom stereocenters. The monoisotopic (exact) mass is 426 g/mol. The zero-order chi connectivity index (χ0) is 20.4. The second kappa shape index (κ2) is 8.37. The third kappa shape index (κ3) is 4.50. The van der Waals surface area contributed by atoms with Crippen molar-refractivity contribution in [2.45, 2.75) is 20.1 Å². The minimum absolute atomic E-state index is 0.498. The third-order valence-electron chi connectivity index (χ3n) is 4.44. The first-order chi connectivity index (χ1) is 14.0. The first kappa shape index (κ1) is 19.6. The molecule has 4 rings (SSSR count). The van der Waals surface area contributed by atoms with Crippen molar-refractivity contribution in [2.24, 2.45) is 0 Å². The highest BCUT2D eigenvalue weighted by Gasteiger charge is 2.14. The van der Waals surface area contributed by atoms with E-state index in [2.05, 4.69) is 20.1 Å². The van der Waals surface area contributed by atoms with Gasteiger partial charge < -0.3 is 0 Å². The predicted molar refractivity (Wildman–Crippen MR) is 115 cm³/mol. The van der Waals surface area contributed by atoms with Crippen molar-refractivity contribution < 1.29 is 0 Å². The molecule has 148 valence electrons. The Balaban J connectivity index is 1.50. The van der Waals surface area contributed by atoms with Crippen LogP contribution in [0.4, 0.5) is 0 Å². The largest absolute Gasteiger partial charge is 0.283 e. The van der Waals surface area contributed by atoms with Crippen LogP contribution >= 0.6 is 23.2 Å². The van der Waals surface area contributed by atoms with Gasteiger partial charge >= 0.3 is 0 Å². The molecule has 0 amide bonds. The molecule has 6 nitrogen and oxygen atoms in total. The fourth-order valence-corrected chi connectivity index (χ4v) is 3.45. The van der Waals surface area contributed by atoms with Crippen LogP contribution in [0.5, 0.6) is 0 Å². The summed E-state index contributed by atoms with van der Waals surface area (Å²) < 4.78 is 3.75. The molecule has 0 aliphatic carbocycles. The molecule has 0 spiro atoms. The zero-order valence-corrected chi connectivity index (χ0v) is 17.6. The lowest BCUT2D eigenvalue weighted by atomic mass is 10.2. The van der Waals surface area contributed by atoms with Crippen molar-refractivity contribution in [3.63, 3.8) is 0 Å². The van der Waals surface area contributed by atoms with Crippen molar-refractivity contribution in [3.05, 3.63) is 82.4 Å². The van der Waals surface area contributed by atoms with Crippen molar-refractivity contribution >= 4 is 23.2 Å². The van der Waals surface area contributed by atoms with E-state index in [1.165, 1.54) is 0 Å². The van der Waals surface area contributed by atoms with Crippen molar-refractivity contribution in [3.8, 4) is 17.1 Å². The van der Waals surface area contributed by atoms with Crippen LogP contribution in [0, 0.1) is 6.92 Å². The van der Waals surface area contributed by atoms with Gasteiger partial charge in [-0.2, -0.15) is 10.2 Å². The topological polar surface area (TPSA) is 51.8 Å². The number of rotatable bonds is 6. The predicted octanol–water partition coefficient (Wildman–Crippen LogP) is 4.84. The number of halogens is 2. The van der Waals surface area contributed by atoms with Crippen LogP contribution in [0.15, 0.2) is 60.9 Å². The van der Waals surface area contributed by atoms with E-state index >= 15 is 0 Å². The first-order valence-corrected chi connectivity index (χ1v) is 9.89. The van der Waals surface area contributed by atoms with Gasteiger partial charge in [-0.05, 0) is 44.3 Å². The number of aryl methyl sites for hydroxylation is 1. The summed E-state index contributed by atoms with van der Waals surface area (Å²) >= 11 is 12.2. The molecule has 2 aromatic carbocycles. The molecule has 2 heterocycles. The molecular formula is C21H20Cl2N6. The smallest absolute Gasteiger partial charge is 0.159 e. The van der Waals surface area contributed by atoms with Crippen LogP contribution in [0.2, 0.25) is 10.0 Å². The number of aromatic nitrogens is 5. The quantitative estimate of drug-likeness (QED) is 0.442. The van der Waals surface area contributed by atoms with E-state index in [4.69, 9.17) is 23.2 Å². The molecule has 0 saturated heterocycles. The van der Waals surface area contributed by atoms with Crippen LogP contribution in [0.3, 0.4) is 0 Å². The Morgan fingerprint density at radius 2 is 1.83 bits per heavy atom. The van der Waals surface area contributed by atoms with Crippen LogP contribution in [0.25, 0.3) is 17.1 Å². The van der Waals surface area contributed by atoms with Crippen molar-refractivity contribution in [1.29, 1.82) is 0 Å². The Hall–Kier alpha value is -2.67. The summed E-state index contributed by atoms with van der Waals surface area (Å²) in [5.41, 5.74) is 3.03. The minimum Gasteiger partial charge on any atom is -0.283 e. The average molecular weight is 427 g/mol. The zero-order valence-electron chi connectivity index (χ0n) is 16.1. The summed E-state index contributed by atoms with van der Waals surface area (Å²) in [6.45, 7) is 3.18. The maximum atomic E-state index is 6.18. The number of nitrogens with zero attached hydrogens (tertiary/aromatic N) is 6. The van der Waals surface area contributed by atoms with Crippen LogP contribution in [-0.2, 0) is 13.2 Å². The van der Waals surface area contributed by atoms with Gasteiger partial charge in [-0.25, -0.2) is 14.3 Å². The maximum Gasteiger partial charge on any atom is 0.159 e. The number of hydrogen-bond acceptors (Lipinski definition) is 4. The molecule has 8 heteroatoms. The van der Waals surface area contributed by atoms with Gasteiger partial charge in [0.05, 0.1) is 28.6 Å². The summed E-state index contributed by atoms with van der Waals surface area (Å²) in [5, 5.41) is 10.0. The van der Waals surface area contributed by atoms with Gasteiger partial charge in [0.2, 0.25) is 0 Å². The average Bonchev–Trinajstić information content (AvgIpc) is 3.31. The van der Waals surface area contributed by atoms with Gasteiger partial charge in [0.1, 0.15) is 5.82 Å². The van der Waals surface area contributed by atoms with Crippen LogP contribution in [-0.4, -0.2) is 36.5 Å². The summed E-state index contributed by atoms with van der Waals surface area (Å²) in [6.07, 6.45) is 3.92. The van der Waals surface area contributed by atoms with Gasteiger partial charge in [0.15, 0.2) is 5.82 Å². The molecule has 0 aliphatic rings. The Labute approximate surface area is 179 Å². The SMILES string of the molecule is Cc1nc(-c2ccc(Cl)c(Cl)c2)n(CN(C)Cc2cnn(-c3ccccc3)c2)n1. The molecule has 29 heavy (non-hydrogen) atoms. The number of para-hydroxylation sites is 1. The molecule has 4 aromatic rings. The lowest BCUT2D eigenvalue weighted by molar-refractivity contribution is 0.247. The van der Waals surface area contributed by atoms with Gasteiger partial charge in [0.25, 0.3) is 0 Å². The van der Waals surface area contributed by atoms with E-state index in [0.717, 1.165) is 29.2 Å². The summed E-state index contributed by atoms with van der Waals surface area (Å²) in [7, 11) is 2.04. The molecule has 0 bridgehead atoms. The number of hydrogen-bond donors (Lipinski definition) is 0. The van der Waals surface area contributed by atoms with E-state index in [0.29, 0.717) is 22.5 Å². The molecule has 0 fully saturated rings. The van der Waals surface area contributed by atoms with E-state index < -0.39 is 0 Å².